The fraction of sp³-hybridized carbons (Fsp3) is 0.0625. The van der Waals surface area contributed by atoms with Crippen molar-refractivity contribution in [3.8, 4) is 0 Å². The molecule has 3 aromatic rings. The number of hydrogen-bond acceptors (Lipinski definition) is 4. The van der Waals surface area contributed by atoms with Gasteiger partial charge in [0, 0.05) is 18.2 Å². The van der Waals surface area contributed by atoms with Crippen LogP contribution in [0.3, 0.4) is 0 Å². The molecule has 0 fully saturated rings. The Balaban J connectivity index is 1.82. The van der Waals surface area contributed by atoms with E-state index in [1.807, 2.05) is 0 Å². The van der Waals surface area contributed by atoms with Gasteiger partial charge in [-0.3, -0.25) is 14.9 Å². The highest BCUT2D eigenvalue weighted by Gasteiger charge is 2.13. The second kappa shape index (κ2) is 6.32. The monoisotopic (exact) mass is 347 g/mol. The van der Waals surface area contributed by atoms with E-state index in [9.17, 15) is 18.4 Å². The molecule has 1 heterocycles. The predicted octanol–water partition coefficient (Wildman–Crippen LogP) is 3.79. The van der Waals surface area contributed by atoms with Crippen molar-refractivity contribution in [1.29, 1.82) is 0 Å². The molecule has 0 saturated heterocycles. The van der Waals surface area contributed by atoms with Gasteiger partial charge in [-0.05, 0) is 36.4 Å². The Morgan fingerprint density at radius 3 is 2.54 bits per heavy atom. The van der Waals surface area contributed by atoms with Crippen LogP contribution >= 0.6 is 11.3 Å². The molecule has 0 unspecified atom stereocenters. The zero-order chi connectivity index (χ0) is 17.3. The smallest absolute Gasteiger partial charge is 0.257 e. The fourth-order valence-corrected chi connectivity index (χ4v) is 2.97. The number of nitrogens with one attached hydrogen (secondary N) is 2. The van der Waals surface area contributed by atoms with Crippen LogP contribution in [-0.4, -0.2) is 16.8 Å². The molecule has 122 valence electrons. The Bertz CT molecular complexity index is 956. The minimum absolute atomic E-state index is 0.00732. The van der Waals surface area contributed by atoms with Gasteiger partial charge in [0.1, 0.15) is 0 Å². The van der Waals surface area contributed by atoms with Crippen LogP contribution in [0.15, 0.2) is 36.4 Å². The summed E-state index contributed by atoms with van der Waals surface area (Å²) >= 11 is 1.21. The molecule has 0 atom stereocenters. The van der Waals surface area contributed by atoms with Crippen molar-refractivity contribution in [2.45, 2.75) is 6.92 Å². The normalized spacial score (nSPS) is 10.6. The van der Waals surface area contributed by atoms with E-state index in [4.69, 9.17) is 0 Å². The second-order valence-corrected chi connectivity index (χ2v) is 6.00. The number of fused-ring (bicyclic) bond motifs is 1. The van der Waals surface area contributed by atoms with Crippen LogP contribution in [0.25, 0.3) is 10.2 Å². The molecule has 2 amide bonds. The number of aromatic nitrogens is 1. The van der Waals surface area contributed by atoms with E-state index in [0.29, 0.717) is 16.3 Å². The maximum absolute atomic E-state index is 13.2. The molecule has 0 aliphatic heterocycles. The number of halogens is 2. The summed E-state index contributed by atoms with van der Waals surface area (Å²) in [7, 11) is 0. The standard InChI is InChI=1S/C16H11F2N3O2S/c1-8(22)19-10-3-5-13-14(7-10)24-16(20-13)21-15(23)9-2-4-11(17)12(18)6-9/h2-7H,1H3,(H,19,22)(H,20,21,23). The first kappa shape index (κ1) is 16.0. The van der Waals surface area contributed by atoms with Gasteiger partial charge in [0.05, 0.1) is 10.2 Å². The summed E-state index contributed by atoms with van der Waals surface area (Å²) in [6.07, 6.45) is 0. The second-order valence-electron chi connectivity index (χ2n) is 4.97. The summed E-state index contributed by atoms with van der Waals surface area (Å²) in [6.45, 7) is 1.41. The lowest BCUT2D eigenvalue weighted by Crippen LogP contribution is -2.12. The lowest BCUT2D eigenvalue weighted by Gasteiger charge is -2.01. The zero-order valence-electron chi connectivity index (χ0n) is 12.4. The largest absolute Gasteiger partial charge is 0.326 e. The van der Waals surface area contributed by atoms with E-state index in [1.54, 1.807) is 18.2 Å². The number of hydrogen-bond donors (Lipinski definition) is 2. The summed E-state index contributed by atoms with van der Waals surface area (Å²) in [5.74, 6) is -2.88. The Labute approximate surface area is 139 Å². The van der Waals surface area contributed by atoms with Gasteiger partial charge >= 0.3 is 0 Å². The van der Waals surface area contributed by atoms with E-state index >= 15 is 0 Å². The van der Waals surface area contributed by atoms with E-state index in [2.05, 4.69) is 15.6 Å². The highest BCUT2D eigenvalue weighted by Crippen LogP contribution is 2.28. The SMILES string of the molecule is CC(=O)Nc1ccc2nc(NC(=O)c3ccc(F)c(F)c3)sc2c1. The molecule has 2 N–H and O–H groups in total. The number of carbonyl (C=O) groups excluding carboxylic acids is 2. The summed E-state index contributed by atoms with van der Waals surface area (Å²) in [4.78, 5) is 27.4. The van der Waals surface area contributed by atoms with Crippen molar-refractivity contribution in [3.63, 3.8) is 0 Å². The van der Waals surface area contributed by atoms with Gasteiger partial charge in [0.2, 0.25) is 5.91 Å². The van der Waals surface area contributed by atoms with E-state index in [-0.39, 0.29) is 11.5 Å². The number of rotatable bonds is 3. The molecule has 0 aliphatic rings. The van der Waals surface area contributed by atoms with Gasteiger partial charge < -0.3 is 5.32 Å². The first-order chi connectivity index (χ1) is 11.4. The minimum Gasteiger partial charge on any atom is -0.326 e. The molecule has 5 nitrogen and oxygen atoms in total. The Hall–Kier alpha value is -2.87. The van der Waals surface area contributed by atoms with Crippen LogP contribution in [0.2, 0.25) is 0 Å². The molecule has 8 heteroatoms. The maximum atomic E-state index is 13.2. The van der Waals surface area contributed by atoms with Gasteiger partial charge in [-0.2, -0.15) is 0 Å². The molecule has 24 heavy (non-hydrogen) atoms. The molecule has 1 aromatic heterocycles. The fourth-order valence-electron chi connectivity index (χ4n) is 2.07. The lowest BCUT2D eigenvalue weighted by molar-refractivity contribution is -0.114. The minimum atomic E-state index is -1.09. The third-order valence-corrected chi connectivity index (χ3v) is 4.04. The molecular weight excluding hydrogens is 336 g/mol. The maximum Gasteiger partial charge on any atom is 0.257 e. The molecule has 0 spiro atoms. The Morgan fingerprint density at radius 2 is 1.83 bits per heavy atom. The van der Waals surface area contributed by atoms with Gasteiger partial charge in [-0.1, -0.05) is 11.3 Å². The highest BCUT2D eigenvalue weighted by atomic mass is 32.1. The van der Waals surface area contributed by atoms with Crippen molar-refractivity contribution >= 4 is 44.2 Å². The molecule has 0 radical (unpaired) electrons. The number of thiazole rings is 1. The summed E-state index contributed by atoms with van der Waals surface area (Å²) in [5.41, 5.74) is 1.26. The van der Waals surface area contributed by atoms with E-state index < -0.39 is 17.5 Å². The molecule has 0 aliphatic carbocycles. The van der Waals surface area contributed by atoms with Gasteiger partial charge in [-0.25, -0.2) is 13.8 Å². The average Bonchev–Trinajstić information content (AvgIpc) is 2.90. The molecule has 2 aromatic carbocycles. The van der Waals surface area contributed by atoms with E-state index in [1.165, 1.54) is 24.3 Å². The summed E-state index contributed by atoms with van der Waals surface area (Å²) < 4.78 is 26.9. The van der Waals surface area contributed by atoms with Crippen molar-refractivity contribution in [3.05, 3.63) is 53.6 Å². The first-order valence-corrected chi connectivity index (χ1v) is 7.68. The van der Waals surface area contributed by atoms with Crippen LogP contribution in [0, 0.1) is 11.6 Å². The van der Waals surface area contributed by atoms with Gasteiger partial charge in [0.25, 0.3) is 5.91 Å². The number of amides is 2. The number of carbonyl (C=O) groups is 2. The summed E-state index contributed by atoms with van der Waals surface area (Å²) in [6, 6.07) is 8.06. The van der Waals surface area contributed by atoms with Crippen LogP contribution in [0.4, 0.5) is 19.6 Å². The highest BCUT2D eigenvalue weighted by molar-refractivity contribution is 7.22. The summed E-state index contributed by atoms with van der Waals surface area (Å²) in [5, 5.41) is 5.53. The van der Waals surface area contributed by atoms with E-state index in [0.717, 1.165) is 16.8 Å². The molecule has 3 rings (SSSR count). The van der Waals surface area contributed by atoms with Crippen molar-refractivity contribution < 1.29 is 18.4 Å². The third kappa shape index (κ3) is 3.38. The van der Waals surface area contributed by atoms with Crippen molar-refractivity contribution in [1.82, 2.24) is 4.98 Å². The zero-order valence-corrected chi connectivity index (χ0v) is 13.2. The predicted molar refractivity (Wildman–Crippen MR) is 88.2 cm³/mol. The molecule has 0 saturated carbocycles. The van der Waals surface area contributed by atoms with Crippen LogP contribution < -0.4 is 10.6 Å². The van der Waals surface area contributed by atoms with Crippen LogP contribution in [-0.2, 0) is 4.79 Å². The number of benzene rings is 2. The quantitative estimate of drug-likeness (QED) is 0.757. The van der Waals surface area contributed by atoms with Crippen LogP contribution in [0.1, 0.15) is 17.3 Å². The first-order valence-electron chi connectivity index (χ1n) is 6.87. The van der Waals surface area contributed by atoms with Crippen LogP contribution in [0.5, 0.6) is 0 Å². The topological polar surface area (TPSA) is 71.1 Å². The number of nitrogens with zero attached hydrogens (tertiary/aromatic N) is 1. The third-order valence-electron chi connectivity index (χ3n) is 3.11. The van der Waals surface area contributed by atoms with Crippen molar-refractivity contribution in [2.75, 3.05) is 10.6 Å². The molecule has 0 bridgehead atoms. The van der Waals surface area contributed by atoms with Crippen molar-refractivity contribution in [2.24, 2.45) is 0 Å². The molecular formula is C16H11F2N3O2S. The Kier molecular flexibility index (Phi) is 4.22. The number of anilines is 2. The Morgan fingerprint density at radius 1 is 1.04 bits per heavy atom. The average molecular weight is 347 g/mol. The van der Waals surface area contributed by atoms with Gasteiger partial charge in [0.15, 0.2) is 16.8 Å². The van der Waals surface area contributed by atoms with Gasteiger partial charge in [-0.15, -0.1) is 0 Å². The lowest BCUT2D eigenvalue weighted by atomic mass is 10.2.